The van der Waals surface area contributed by atoms with E-state index in [0.29, 0.717) is 16.7 Å². The van der Waals surface area contributed by atoms with Crippen molar-refractivity contribution in [2.75, 3.05) is 0 Å². The lowest BCUT2D eigenvalue weighted by Gasteiger charge is -2.12. The van der Waals surface area contributed by atoms with Gasteiger partial charge in [0.2, 0.25) is 0 Å². The van der Waals surface area contributed by atoms with Gasteiger partial charge in [0.15, 0.2) is 0 Å². The van der Waals surface area contributed by atoms with Crippen LogP contribution in [0.4, 0.5) is 0 Å². The Morgan fingerprint density at radius 3 is 2.21 bits per heavy atom. The van der Waals surface area contributed by atoms with Crippen molar-refractivity contribution in [2.45, 2.75) is 34.1 Å². The molecule has 0 aromatic carbocycles. The molecule has 3 saturated carbocycles. The summed E-state index contributed by atoms with van der Waals surface area (Å²) >= 11 is 0. The smallest absolute Gasteiger partial charge is 0.0659 e. The summed E-state index contributed by atoms with van der Waals surface area (Å²) in [7, 11) is 0. The number of nitriles is 1. The lowest BCUT2D eigenvalue weighted by molar-refractivity contribution is 0.380. The monoisotopic (exact) mass is 189 g/mol. The fraction of sp³-hybridized carbons (Fsp3) is 0.923. The first-order chi connectivity index (χ1) is 6.42. The first-order valence-electron chi connectivity index (χ1n) is 5.82. The summed E-state index contributed by atoms with van der Waals surface area (Å²) in [6.45, 7) is 9.52. The lowest BCUT2D eigenvalue weighted by Crippen LogP contribution is -2.10. The molecule has 14 heavy (non-hydrogen) atoms. The van der Waals surface area contributed by atoms with Crippen molar-refractivity contribution < 1.29 is 0 Å². The van der Waals surface area contributed by atoms with Crippen molar-refractivity contribution in [2.24, 2.45) is 40.4 Å². The van der Waals surface area contributed by atoms with Crippen molar-refractivity contribution in [3.8, 4) is 6.07 Å². The zero-order valence-electron chi connectivity index (χ0n) is 9.54. The highest BCUT2D eigenvalue weighted by Crippen LogP contribution is 2.81. The Morgan fingerprint density at radius 1 is 1.00 bits per heavy atom. The van der Waals surface area contributed by atoms with Gasteiger partial charge in [-0.1, -0.05) is 27.7 Å². The normalized spacial score (nSPS) is 55.2. The van der Waals surface area contributed by atoms with E-state index in [1.54, 1.807) is 0 Å². The van der Waals surface area contributed by atoms with Crippen LogP contribution in [0.1, 0.15) is 34.1 Å². The molecule has 1 nitrogen and oxygen atoms in total. The Morgan fingerprint density at radius 2 is 1.64 bits per heavy atom. The predicted octanol–water partition coefficient (Wildman–Crippen LogP) is 3.07. The van der Waals surface area contributed by atoms with Gasteiger partial charge < -0.3 is 0 Å². The molecule has 0 amide bonds. The zero-order valence-corrected chi connectivity index (χ0v) is 9.54. The maximum absolute atomic E-state index is 9.18. The van der Waals surface area contributed by atoms with Crippen LogP contribution in [0.5, 0.6) is 0 Å². The van der Waals surface area contributed by atoms with Crippen LogP contribution in [0.3, 0.4) is 0 Å². The third-order valence-electron chi connectivity index (χ3n) is 5.63. The van der Waals surface area contributed by atoms with E-state index in [1.165, 1.54) is 6.42 Å². The van der Waals surface area contributed by atoms with E-state index >= 15 is 0 Å². The quantitative estimate of drug-likeness (QED) is 0.574. The van der Waals surface area contributed by atoms with Gasteiger partial charge in [0.05, 0.1) is 12.0 Å². The molecule has 0 radical (unpaired) electrons. The average Bonchev–Trinajstić information content (AvgIpc) is 2.87. The molecule has 0 bridgehead atoms. The summed E-state index contributed by atoms with van der Waals surface area (Å²) in [5.74, 6) is 3.73. The average molecular weight is 189 g/mol. The number of rotatable bonds is 0. The number of fused-ring (bicyclic) bond motifs is 3. The van der Waals surface area contributed by atoms with E-state index in [4.69, 9.17) is 0 Å². The molecule has 0 saturated heterocycles. The zero-order chi connectivity index (χ0) is 10.3. The second-order valence-electron chi connectivity index (χ2n) is 6.80. The van der Waals surface area contributed by atoms with Crippen LogP contribution < -0.4 is 0 Å². The maximum Gasteiger partial charge on any atom is 0.0659 e. The number of hydrogen-bond acceptors (Lipinski definition) is 1. The summed E-state index contributed by atoms with van der Waals surface area (Å²) in [5.41, 5.74) is 1.01. The van der Waals surface area contributed by atoms with E-state index in [0.717, 1.165) is 23.7 Å². The van der Waals surface area contributed by atoms with Crippen molar-refractivity contribution >= 4 is 0 Å². The minimum absolute atomic E-state index is 0.359. The van der Waals surface area contributed by atoms with Crippen LogP contribution in [0.15, 0.2) is 0 Å². The Balaban J connectivity index is 1.94. The van der Waals surface area contributed by atoms with Gasteiger partial charge in [-0.25, -0.2) is 0 Å². The minimum atomic E-state index is 0.359. The Bertz CT molecular complexity index is 334. The van der Waals surface area contributed by atoms with Crippen LogP contribution >= 0.6 is 0 Å². The van der Waals surface area contributed by atoms with Crippen molar-refractivity contribution in [3.05, 3.63) is 0 Å². The second kappa shape index (κ2) is 2.03. The molecule has 0 heterocycles. The van der Waals surface area contributed by atoms with E-state index in [9.17, 15) is 5.26 Å². The van der Waals surface area contributed by atoms with Crippen molar-refractivity contribution in [1.29, 1.82) is 5.26 Å². The van der Waals surface area contributed by atoms with E-state index in [2.05, 4.69) is 33.8 Å². The summed E-state index contributed by atoms with van der Waals surface area (Å²) in [6.07, 6.45) is 1.18. The van der Waals surface area contributed by atoms with E-state index in [-0.39, 0.29) is 0 Å². The Hall–Kier alpha value is -0.510. The first-order valence-corrected chi connectivity index (χ1v) is 5.82. The van der Waals surface area contributed by atoms with E-state index < -0.39 is 0 Å². The summed E-state index contributed by atoms with van der Waals surface area (Å²) in [4.78, 5) is 0. The standard InChI is InChI=1S/C13H19N/c1-12(2)8-5-7(6-14)9-11(10(8)12)13(9,3)4/h7-11H,5H2,1-4H3. The molecule has 0 aliphatic heterocycles. The number of nitrogens with zero attached hydrogens (tertiary/aromatic N) is 1. The summed E-state index contributed by atoms with van der Waals surface area (Å²) in [5, 5.41) is 9.18. The molecule has 76 valence electrons. The SMILES string of the molecule is CC1(C)C2CC(C#N)C3C(C21)C3(C)C. The molecule has 3 rings (SSSR count). The molecule has 3 aliphatic rings. The molecule has 0 spiro atoms. The summed E-state index contributed by atoms with van der Waals surface area (Å²) in [6, 6.07) is 2.55. The highest BCUT2D eigenvalue weighted by atomic mass is 14.8. The highest BCUT2D eigenvalue weighted by molar-refractivity contribution is 5.27. The van der Waals surface area contributed by atoms with Gasteiger partial charge >= 0.3 is 0 Å². The van der Waals surface area contributed by atoms with Crippen LogP contribution in [0.2, 0.25) is 0 Å². The fourth-order valence-corrected chi connectivity index (χ4v) is 4.68. The third-order valence-corrected chi connectivity index (χ3v) is 5.63. The van der Waals surface area contributed by atoms with Crippen LogP contribution in [-0.4, -0.2) is 0 Å². The molecule has 3 fully saturated rings. The predicted molar refractivity (Wildman–Crippen MR) is 55.2 cm³/mol. The summed E-state index contributed by atoms with van der Waals surface area (Å²) < 4.78 is 0. The molecule has 5 unspecified atom stereocenters. The van der Waals surface area contributed by atoms with Gasteiger partial charge in [-0.3, -0.25) is 0 Å². The molecule has 1 heteroatoms. The largest absolute Gasteiger partial charge is 0.198 e. The van der Waals surface area contributed by atoms with Crippen LogP contribution in [0, 0.1) is 51.8 Å². The van der Waals surface area contributed by atoms with Gasteiger partial charge in [-0.05, 0) is 40.9 Å². The molecule has 5 atom stereocenters. The lowest BCUT2D eigenvalue weighted by atomic mass is 9.89. The van der Waals surface area contributed by atoms with Crippen LogP contribution in [0.25, 0.3) is 0 Å². The van der Waals surface area contributed by atoms with Gasteiger partial charge in [0.1, 0.15) is 0 Å². The molecule has 3 aliphatic carbocycles. The maximum atomic E-state index is 9.18. The van der Waals surface area contributed by atoms with E-state index in [1.807, 2.05) is 0 Å². The topological polar surface area (TPSA) is 23.8 Å². The molecular formula is C13H19N. The number of hydrogen-bond donors (Lipinski definition) is 0. The van der Waals surface area contributed by atoms with Crippen molar-refractivity contribution in [3.63, 3.8) is 0 Å². The molecule has 0 aromatic rings. The van der Waals surface area contributed by atoms with Gasteiger partial charge in [-0.15, -0.1) is 0 Å². The van der Waals surface area contributed by atoms with Crippen LogP contribution in [-0.2, 0) is 0 Å². The Labute approximate surface area is 86.5 Å². The minimum Gasteiger partial charge on any atom is -0.198 e. The van der Waals surface area contributed by atoms with Gasteiger partial charge in [0, 0.05) is 0 Å². The molecule has 0 aromatic heterocycles. The fourth-order valence-electron chi connectivity index (χ4n) is 4.68. The highest BCUT2D eigenvalue weighted by Gasteiger charge is 2.77. The Kier molecular flexibility index (Phi) is 1.27. The van der Waals surface area contributed by atoms with Gasteiger partial charge in [0.25, 0.3) is 0 Å². The molecule has 0 N–H and O–H groups in total. The molecular weight excluding hydrogens is 170 g/mol. The van der Waals surface area contributed by atoms with Crippen molar-refractivity contribution in [1.82, 2.24) is 0 Å². The first kappa shape index (κ1) is 8.77. The second-order valence-corrected chi connectivity index (χ2v) is 6.80. The third kappa shape index (κ3) is 0.734. The van der Waals surface area contributed by atoms with Gasteiger partial charge in [-0.2, -0.15) is 5.26 Å².